The highest BCUT2D eigenvalue weighted by Gasteiger charge is 2.33. The van der Waals surface area contributed by atoms with E-state index in [0.717, 1.165) is 45.0 Å². The van der Waals surface area contributed by atoms with Gasteiger partial charge < -0.3 is 34.1 Å². The number of methoxy groups -OCH3 is 2. The minimum absolute atomic E-state index is 0.0747. The highest BCUT2D eigenvalue weighted by molar-refractivity contribution is 7.84. The summed E-state index contributed by atoms with van der Waals surface area (Å²) in [6, 6.07) is 15.9. The van der Waals surface area contributed by atoms with E-state index in [0.29, 0.717) is 39.8 Å². The van der Waals surface area contributed by atoms with Crippen molar-refractivity contribution in [1.82, 2.24) is 20.3 Å². The molecule has 0 unspecified atom stereocenters. The number of halogens is 1. The number of nitrogens with zero attached hydrogens (tertiary/aromatic N) is 4. The molecule has 53 heavy (non-hydrogen) atoms. The van der Waals surface area contributed by atoms with Crippen molar-refractivity contribution in [2.45, 2.75) is 30.9 Å². The van der Waals surface area contributed by atoms with Gasteiger partial charge in [-0.2, -0.15) is 0 Å². The van der Waals surface area contributed by atoms with Gasteiger partial charge in [-0.3, -0.25) is 23.7 Å². The second kappa shape index (κ2) is 16.8. The van der Waals surface area contributed by atoms with Crippen LogP contribution >= 0.6 is 22.9 Å². The molecule has 14 nitrogen and oxygen atoms in total. The third-order valence-corrected chi connectivity index (χ3v) is 10.9. The van der Waals surface area contributed by atoms with E-state index in [1.165, 1.54) is 16.2 Å². The zero-order chi connectivity index (χ0) is 37.6. The molecular weight excluding hydrogens is 744 g/mol. The number of fused-ring (bicyclic) bond motifs is 1. The van der Waals surface area contributed by atoms with Gasteiger partial charge in [-0.1, -0.05) is 11.6 Å². The van der Waals surface area contributed by atoms with E-state index in [4.69, 9.17) is 30.5 Å². The van der Waals surface area contributed by atoms with Crippen molar-refractivity contribution >= 4 is 74.1 Å². The van der Waals surface area contributed by atoms with Crippen LogP contribution < -0.4 is 24.6 Å². The molecule has 3 amide bonds. The van der Waals surface area contributed by atoms with Crippen LogP contribution in [0.25, 0.3) is 11.0 Å². The maximum atomic E-state index is 12.7. The van der Waals surface area contributed by atoms with Gasteiger partial charge in [0.1, 0.15) is 24.2 Å². The lowest BCUT2D eigenvalue weighted by Crippen LogP contribution is -2.41. The average Bonchev–Trinajstić information content (AvgIpc) is 3.90. The van der Waals surface area contributed by atoms with Crippen molar-refractivity contribution in [2.24, 2.45) is 0 Å². The summed E-state index contributed by atoms with van der Waals surface area (Å²) in [5.74, 6) is 1.44. The normalized spacial score (nSPS) is 16.2. The van der Waals surface area contributed by atoms with Crippen LogP contribution in [0.15, 0.2) is 66.0 Å². The number of carbonyl (C=O) groups is 3. The summed E-state index contributed by atoms with van der Waals surface area (Å²) in [6.45, 7) is 5.46. The van der Waals surface area contributed by atoms with Gasteiger partial charge >= 0.3 is 6.09 Å². The first-order valence-corrected chi connectivity index (χ1v) is 19.0. The summed E-state index contributed by atoms with van der Waals surface area (Å²) < 4.78 is 34.3. The van der Waals surface area contributed by atoms with Gasteiger partial charge in [0, 0.05) is 41.3 Å². The number of rotatable bonds is 10. The first kappa shape index (κ1) is 37.7. The standard InChI is InChI=1S/C19H18ClN3O5S.C17H19N3O3S/c20-16-6-5-15(29-16)18(25)21-9-14-10-23(19(26)28-14)13-3-1-12(2-4-13)22-7-8-27-11-17(22)24;1-10-8-18-15(11(2)16(10)23-4)9-24(21)17-19-13-6-5-12(22-3)7-14(13)20-17/h1-6,14H,7-11H2,(H,21,25);5-8H,9H2,1-4H3,(H,19,20)/t14-;24-/m00/s1. The predicted molar refractivity (Wildman–Crippen MR) is 202 cm³/mol. The quantitative estimate of drug-likeness (QED) is 0.187. The number of hydrogen-bond acceptors (Lipinski definition) is 11. The molecule has 2 aliphatic heterocycles. The summed E-state index contributed by atoms with van der Waals surface area (Å²) in [5, 5.41) is 3.19. The summed E-state index contributed by atoms with van der Waals surface area (Å²) in [7, 11) is 1.91. The molecule has 17 heteroatoms. The number of amides is 3. The molecule has 2 aromatic carbocycles. The van der Waals surface area contributed by atoms with Crippen molar-refractivity contribution in [1.29, 1.82) is 0 Å². The van der Waals surface area contributed by atoms with Gasteiger partial charge in [0.05, 0.1) is 76.4 Å². The summed E-state index contributed by atoms with van der Waals surface area (Å²) in [5.41, 5.74) is 5.58. The Kier molecular flexibility index (Phi) is 11.9. The Morgan fingerprint density at radius 3 is 2.51 bits per heavy atom. The molecule has 0 bridgehead atoms. The number of H-pyrrole nitrogens is 1. The lowest BCUT2D eigenvalue weighted by Gasteiger charge is -2.27. The SMILES string of the molecule is COc1ccc2nc([S@@](=O)Cc3ncc(C)c(OC)c3C)[nH]c2c1.O=C(NC[C@H]1CN(c2ccc(N3CCOCC3=O)cc2)C(=O)O1)c1ccc(Cl)s1. The zero-order valence-corrected chi connectivity index (χ0v) is 31.7. The van der Waals surface area contributed by atoms with Crippen LogP contribution in [0.3, 0.4) is 0 Å². The van der Waals surface area contributed by atoms with E-state index in [1.807, 2.05) is 32.0 Å². The zero-order valence-electron chi connectivity index (χ0n) is 29.3. The van der Waals surface area contributed by atoms with Crippen LogP contribution in [-0.2, 0) is 30.8 Å². The Hall–Kier alpha value is -5.03. The Morgan fingerprint density at radius 1 is 1.08 bits per heavy atom. The van der Waals surface area contributed by atoms with E-state index in [2.05, 4.69) is 20.3 Å². The number of cyclic esters (lactones) is 1. The molecule has 0 saturated carbocycles. The van der Waals surface area contributed by atoms with Gasteiger partial charge in [0.2, 0.25) is 0 Å². The number of ether oxygens (including phenoxy) is 4. The number of pyridine rings is 1. The second-order valence-electron chi connectivity index (χ2n) is 12.0. The highest BCUT2D eigenvalue weighted by atomic mass is 35.5. The molecule has 0 aliphatic carbocycles. The second-order valence-corrected chi connectivity index (χ2v) is 15.1. The topological polar surface area (TPSA) is 165 Å². The van der Waals surface area contributed by atoms with Crippen LogP contribution in [0.1, 0.15) is 26.5 Å². The molecule has 0 radical (unpaired) electrons. The Bertz CT molecular complexity index is 2160. The lowest BCUT2D eigenvalue weighted by atomic mass is 10.1. The predicted octanol–water partition coefficient (Wildman–Crippen LogP) is 5.42. The highest BCUT2D eigenvalue weighted by Crippen LogP contribution is 2.28. The largest absolute Gasteiger partial charge is 0.497 e. The summed E-state index contributed by atoms with van der Waals surface area (Å²) in [6.07, 6.45) is 0.808. The lowest BCUT2D eigenvalue weighted by molar-refractivity contribution is -0.125. The van der Waals surface area contributed by atoms with Gasteiger partial charge in [0.15, 0.2) is 5.16 Å². The van der Waals surface area contributed by atoms with Crippen LogP contribution in [0.4, 0.5) is 16.2 Å². The molecule has 2 atom stereocenters. The Labute approximate surface area is 316 Å². The van der Waals surface area contributed by atoms with Crippen LogP contribution in [0.5, 0.6) is 11.5 Å². The number of aromatic amines is 1. The first-order chi connectivity index (χ1) is 25.5. The molecule has 3 aromatic heterocycles. The molecule has 5 aromatic rings. The molecule has 0 spiro atoms. The fourth-order valence-corrected chi connectivity index (χ4v) is 7.84. The number of carbonyl (C=O) groups excluding carboxylic acids is 3. The van der Waals surface area contributed by atoms with E-state index in [9.17, 15) is 18.6 Å². The smallest absolute Gasteiger partial charge is 0.414 e. The van der Waals surface area contributed by atoms with Crippen molar-refractivity contribution in [3.8, 4) is 11.5 Å². The first-order valence-electron chi connectivity index (χ1n) is 16.5. The average molecular weight is 781 g/mol. The van der Waals surface area contributed by atoms with Crippen molar-refractivity contribution in [2.75, 3.05) is 56.9 Å². The van der Waals surface area contributed by atoms with Gasteiger partial charge in [-0.05, 0) is 62.4 Å². The maximum absolute atomic E-state index is 12.7. The molecular formula is C36H37ClN6O8S2. The van der Waals surface area contributed by atoms with E-state index < -0.39 is 23.0 Å². The number of morpholine rings is 1. The molecule has 5 heterocycles. The molecule has 2 aliphatic rings. The number of aryl methyl sites for hydroxylation is 1. The number of anilines is 2. The van der Waals surface area contributed by atoms with Crippen molar-refractivity contribution in [3.05, 3.63) is 86.8 Å². The monoisotopic (exact) mass is 780 g/mol. The fraction of sp³-hybridized carbons (Fsp3) is 0.306. The Balaban J connectivity index is 0.000000185. The molecule has 7 rings (SSSR count). The number of aromatic nitrogens is 3. The maximum Gasteiger partial charge on any atom is 0.414 e. The van der Waals surface area contributed by atoms with E-state index in [1.54, 1.807) is 61.7 Å². The van der Waals surface area contributed by atoms with Crippen LogP contribution in [0.2, 0.25) is 4.34 Å². The van der Waals surface area contributed by atoms with Crippen molar-refractivity contribution < 1.29 is 37.5 Å². The van der Waals surface area contributed by atoms with Crippen LogP contribution in [-0.4, -0.2) is 90.2 Å². The third-order valence-electron chi connectivity index (χ3n) is 8.52. The molecule has 2 fully saturated rings. The number of benzene rings is 2. The fourth-order valence-electron chi connectivity index (χ4n) is 5.78. The van der Waals surface area contributed by atoms with E-state index in [-0.39, 0.29) is 30.7 Å². The van der Waals surface area contributed by atoms with Crippen molar-refractivity contribution in [3.63, 3.8) is 0 Å². The minimum atomic E-state index is -1.33. The number of imidazole rings is 1. The Morgan fingerprint density at radius 2 is 1.83 bits per heavy atom. The van der Waals surface area contributed by atoms with Gasteiger partial charge in [-0.25, -0.2) is 9.78 Å². The molecule has 2 saturated heterocycles. The molecule has 2 N–H and O–H groups in total. The third kappa shape index (κ3) is 8.79. The summed E-state index contributed by atoms with van der Waals surface area (Å²) in [4.78, 5) is 51.8. The number of hydrogen-bond donors (Lipinski definition) is 2. The number of nitrogens with one attached hydrogen (secondary N) is 2. The molecule has 278 valence electrons. The van der Waals surface area contributed by atoms with Gasteiger partial charge in [-0.15, -0.1) is 11.3 Å². The van der Waals surface area contributed by atoms with Gasteiger partial charge in [0.25, 0.3) is 11.8 Å². The summed E-state index contributed by atoms with van der Waals surface area (Å²) >= 11 is 7.03. The van der Waals surface area contributed by atoms with E-state index >= 15 is 0 Å². The number of thiophene rings is 1. The minimum Gasteiger partial charge on any atom is -0.497 e. The van der Waals surface area contributed by atoms with Crippen LogP contribution in [0, 0.1) is 13.8 Å².